The molecule has 1 atom stereocenters. The van der Waals surface area contributed by atoms with E-state index in [4.69, 9.17) is 14.0 Å². The molecular weight excluding hydrogens is 476 g/mol. The summed E-state index contributed by atoms with van der Waals surface area (Å²) in [7, 11) is -0.874. The number of hydrogen-bond donors (Lipinski definition) is 0. The molecule has 0 saturated carbocycles. The van der Waals surface area contributed by atoms with E-state index in [1.54, 1.807) is 6.07 Å². The van der Waals surface area contributed by atoms with E-state index in [9.17, 15) is 0 Å². The zero-order chi connectivity index (χ0) is 28.7. The van der Waals surface area contributed by atoms with Crippen molar-refractivity contribution in [1.82, 2.24) is 0 Å². The number of halogens is 1. The van der Waals surface area contributed by atoms with Gasteiger partial charge in [-0.05, 0) is 52.7 Å². The number of nitrogens with zero attached hydrogens (tertiary/aromatic N) is 1. The number of quaternary nitrogens is 1. The Morgan fingerprint density at radius 1 is 0.763 bits per heavy atom. The van der Waals surface area contributed by atoms with Gasteiger partial charge < -0.3 is 25.4 Å². The first kappa shape index (κ1) is 36.9. The summed E-state index contributed by atoms with van der Waals surface area (Å²) >= 11 is 0. The van der Waals surface area contributed by atoms with E-state index in [1.807, 2.05) is 12.1 Å². The first-order chi connectivity index (χ1) is 18.4. The molecule has 0 aromatic heterocycles. The fraction of sp³-hybridized carbons (Fsp3) is 0.781. The average Bonchev–Trinajstić information content (AvgIpc) is 2.94. The van der Waals surface area contributed by atoms with Gasteiger partial charge in [0.1, 0.15) is 11.8 Å². The van der Waals surface area contributed by atoms with Crippen LogP contribution in [0.5, 0.6) is 5.75 Å². The van der Waals surface area contributed by atoms with E-state index in [-0.39, 0.29) is 17.6 Å². The van der Waals surface area contributed by atoms with Gasteiger partial charge in [0.05, 0.1) is 19.6 Å². The van der Waals surface area contributed by atoms with Crippen LogP contribution in [0.4, 0.5) is 4.39 Å². The van der Waals surface area contributed by atoms with Gasteiger partial charge >= 0.3 is 7.32 Å². The molecule has 0 aliphatic heterocycles. The number of hydrogen-bond acceptors (Lipinski definition) is 3. The van der Waals surface area contributed by atoms with E-state index >= 15 is 4.39 Å². The van der Waals surface area contributed by atoms with E-state index in [0.29, 0.717) is 18.8 Å². The van der Waals surface area contributed by atoms with Gasteiger partial charge in [-0.2, -0.15) is 6.42 Å². The minimum absolute atomic E-state index is 0.0434. The first-order valence-corrected chi connectivity index (χ1v) is 15.7. The quantitative estimate of drug-likeness (QED) is 0.0638. The molecule has 1 unspecified atom stereocenters. The van der Waals surface area contributed by atoms with E-state index < -0.39 is 7.32 Å². The third-order valence-corrected chi connectivity index (χ3v) is 7.73. The molecule has 0 fully saturated rings. The van der Waals surface area contributed by atoms with Crippen LogP contribution in [0.15, 0.2) is 18.2 Å². The summed E-state index contributed by atoms with van der Waals surface area (Å²) in [6, 6.07) is 5.48. The number of benzene rings is 1. The molecule has 1 aromatic carbocycles. The van der Waals surface area contributed by atoms with Crippen LogP contribution >= 0.6 is 0 Å². The Morgan fingerprint density at radius 3 is 1.68 bits per heavy atom. The predicted molar refractivity (Wildman–Crippen MR) is 163 cm³/mol. The molecule has 0 aliphatic carbocycles. The van der Waals surface area contributed by atoms with Crippen LogP contribution in [0.1, 0.15) is 137 Å². The highest BCUT2D eigenvalue weighted by molar-refractivity contribution is 6.37. The number of rotatable bonds is 22. The molecule has 0 radical (unpaired) electrons. The molecule has 0 spiro atoms. The number of unbranched alkanes of at least 4 members (excludes halogenated alkanes) is 9. The first-order valence-electron chi connectivity index (χ1n) is 15.7. The second kappa shape index (κ2) is 23.8. The lowest BCUT2D eigenvalue weighted by Gasteiger charge is -2.41. The van der Waals surface area contributed by atoms with Gasteiger partial charge in [0, 0.05) is 18.8 Å². The fourth-order valence-corrected chi connectivity index (χ4v) is 4.79. The molecule has 222 valence electrons. The Labute approximate surface area is 236 Å². The average molecular weight is 538 g/mol. The lowest BCUT2D eigenvalue weighted by molar-refractivity contribution is -0.950. The lowest BCUT2D eigenvalue weighted by atomic mass is 10.0. The second-order valence-electron chi connectivity index (χ2n) is 10.3. The van der Waals surface area contributed by atoms with Crippen molar-refractivity contribution in [3.05, 3.63) is 36.5 Å². The van der Waals surface area contributed by atoms with Crippen LogP contribution in [-0.4, -0.2) is 44.7 Å². The summed E-state index contributed by atoms with van der Waals surface area (Å²) in [5, 5.41) is 0. The minimum atomic E-state index is -0.874. The minimum Gasteiger partial charge on any atom is -0.509 e. The third-order valence-electron chi connectivity index (χ3n) is 7.73. The molecule has 0 N–H and O–H groups in total. The highest BCUT2D eigenvalue weighted by Crippen LogP contribution is 2.33. The van der Waals surface area contributed by atoms with Crippen LogP contribution in [0.25, 0.3) is 0 Å². The summed E-state index contributed by atoms with van der Waals surface area (Å²) in [4.78, 5) is 0. The van der Waals surface area contributed by atoms with Crippen LogP contribution in [0.2, 0.25) is 0 Å². The van der Waals surface area contributed by atoms with E-state index in [0.717, 1.165) is 56.2 Å². The molecule has 4 nitrogen and oxygen atoms in total. The maximum absolute atomic E-state index is 15.6. The molecule has 1 aromatic rings. The maximum atomic E-state index is 15.6. The van der Waals surface area contributed by atoms with Gasteiger partial charge in [-0.25, -0.2) is 4.39 Å². The topological polar surface area (TPSA) is 27.7 Å². The smallest absolute Gasteiger partial charge is 0.509 e. The summed E-state index contributed by atoms with van der Waals surface area (Å²) < 4.78 is 34.1. The summed E-state index contributed by atoms with van der Waals surface area (Å²) in [6.45, 7) is 22.9. The van der Waals surface area contributed by atoms with Crippen LogP contribution in [0, 0.1) is 12.7 Å². The van der Waals surface area contributed by atoms with Gasteiger partial charge in [0.25, 0.3) is 0 Å². The summed E-state index contributed by atoms with van der Waals surface area (Å²) in [5.41, 5.74) is 0.692. The van der Waals surface area contributed by atoms with Gasteiger partial charge in [-0.3, -0.25) is 0 Å². The molecule has 1 rings (SSSR count). The van der Waals surface area contributed by atoms with Crippen LogP contribution in [0.3, 0.4) is 0 Å². The molecule has 0 heterocycles. The Morgan fingerprint density at radius 2 is 1.26 bits per heavy atom. The van der Waals surface area contributed by atoms with Gasteiger partial charge in [0.15, 0.2) is 5.82 Å². The largest absolute Gasteiger partial charge is 0.713 e. The Balaban J connectivity index is 0.00000203. The normalized spacial score (nSPS) is 12.1. The molecule has 38 heavy (non-hydrogen) atoms. The maximum Gasteiger partial charge on any atom is 0.713 e. The zero-order valence-corrected chi connectivity index (χ0v) is 26.2. The van der Waals surface area contributed by atoms with Crippen LogP contribution in [-0.2, 0) is 9.31 Å². The molecule has 0 saturated heterocycles. The predicted octanol–water partition coefficient (Wildman–Crippen LogP) is 9.72. The monoisotopic (exact) mass is 537 g/mol. The summed E-state index contributed by atoms with van der Waals surface area (Å²) in [6.07, 6.45) is 13.9. The fourth-order valence-electron chi connectivity index (χ4n) is 4.79. The van der Waals surface area contributed by atoms with Gasteiger partial charge in [0.2, 0.25) is 0 Å². The zero-order valence-electron chi connectivity index (χ0n) is 26.2. The van der Waals surface area contributed by atoms with Crippen molar-refractivity contribution in [2.75, 3.05) is 32.8 Å². The van der Waals surface area contributed by atoms with Crippen molar-refractivity contribution in [2.45, 2.75) is 132 Å². The van der Waals surface area contributed by atoms with Crippen molar-refractivity contribution in [3.63, 3.8) is 0 Å². The van der Waals surface area contributed by atoms with E-state index in [1.165, 1.54) is 44.9 Å². The molecule has 6 heteroatoms. The third kappa shape index (κ3) is 14.3. The van der Waals surface area contributed by atoms with Crippen molar-refractivity contribution in [2.24, 2.45) is 0 Å². The summed E-state index contributed by atoms with van der Waals surface area (Å²) in [5.74, 6) is -0.0881. The van der Waals surface area contributed by atoms with Crippen molar-refractivity contribution in [3.8, 4) is 5.75 Å². The molecule has 0 bridgehead atoms. The second-order valence-corrected chi connectivity index (χ2v) is 10.3. The van der Waals surface area contributed by atoms with Crippen LogP contribution < -0.4 is 4.65 Å². The molecule has 0 aliphatic rings. The molecule has 0 amide bonds. The Hall–Kier alpha value is -1.11. The van der Waals surface area contributed by atoms with Crippen molar-refractivity contribution >= 4 is 7.32 Å². The van der Waals surface area contributed by atoms with Gasteiger partial charge in [-0.15, -0.1) is 0 Å². The standard InChI is InChI=1S/C26H48BFNO3.C6H13/c1-7-12-14-16-21-30-27(31-22-17-15-13-8-2)32-25-20-18-19-24(26(25)28)23(6)29(9-3,10-4)11-5;1-3-5-6-4-2/h18-20,23H,7-17,21-22H2,1-6H3;1,3-6H2,2H3/q+1;-1. The molecular formula is C32H61BFNO3. The van der Waals surface area contributed by atoms with Crippen molar-refractivity contribution < 1.29 is 22.8 Å². The Kier molecular flexibility index (Phi) is 23.1. The SMILES string of the molecule is CCCCCCOB(OCCCCCC)Oc1cccc(C(C)[N+](CC)(CC)CC)c1F.[CH2-]CCCCC. The van der Waals surface area contributed by atoms with Gasteiger partial charge in [-0.1, -0.05) is 84.6 Å². The highest BCUT2D eigenvalue weighted by atomic mass is 19.1. The Bertz CT molecular complexity index is 646. The van der Waals surface area contributed by atoms with Crippen molar-refractivity contribution in [1.29, 1.82) is 0 Å². The highest BCUT2D eigenvalue weighted by Gasteiger charge is 2.33. The van der Waals surface area contributed by atoms with E-state index in [2.05, 4.69) is 55.4 Å². The lowest BCUT2D eigenvalue weighted by Crippen LogP contribution is -2.49.